The van der Waals surface area contributed by atoms with Gasteiger partial charge in [0.05, 0.1) is 15.5 Å². The predicted octanol–water partition coefficient (Wildman–Crippen LogP) is 4.40. The van der Waals surface area contributed by atoms with Crippen LogP contribution in [0.15, 0.2) is 65.6 Å². The monoisotopic (exact) mass is 453 g/mol. The number of benzene rings is 3. The van der Waals surface area contributed by atoms with Crippen LogP contribution in [0, 0.1) is 17.2 Å². The number of fused-ring (bicyclic) bond motifs is 1. The van der Waals surface area contributed by atoms with Crippen molar-refractivity contribution >= 4 is 44.0 Å². The zero-order valence-corrected chi connectivity index (χ0v) is 18.2. The van der Waals surface area contributed by atoms with Crippen LogP contribution in [0.2, 0.25) is 5.02 Å². The average molecular weight is 454 g/mol. The molecule has 0 bridgehead atoms. The van der Waals surface area contributed by atoms with E-state index in [-0.39, 0.29) is 34.8 Å². The maximum absolute atomic E-state index is 13.1. The number of rotatable bonds is 4. The van der Waals surface area contributed by atoms with E-state index in [1.807, 2.05) is 36.4 Å². The molecule has 8 heteroatoms. The van der Waals surface area contributed by atoms with Crippen molar-refractivity contribution in [1.82, 2.24) is 4.31 Å². The van der Waals surface area contributed by atoms with Gasteiger partial charge in [-0.3, -0.25) is 4.79 Å². The Labute approximate surface area is 186 Å². The van der Waals surface area contributed by atoms with Crippen molar-refractivity contribution < 1.29 is 13.2 Å². The molecule has 1 saturated heterocycles. The maximum Gasteiger partial charge on any atom is 0.243 e. The van der Waals surface area contributed by atoms with Gasteiger partial charge >= 0.3 is 0 Å². The fraction of sp³-hybridized carbons (Fsp3) is 0.217. The number of halogens is 1. The van der Waals surface area contributed by atoms with Crippen molar-refractivity contribution in [2.24, 2.45) is 5.92 Å². The number of hydrogen-bond donors (Lipinski definition) is 1. The van der Waals surface area contributed by atoms with Crippen LogP contribution < -0.4 is 5.32 Å². The van der Waals surface area contributed by atoms with Crippen molar-refractivity contribution in [2.45, 2.75) is 17.7 Å². The van der Waals surface area contributed by atoms with E-state index < -0.39 is 10.0 Å². The van der Waals surface area contributed by atoms with Crippen molar-refractivity contribution in [2.75, 3.05) is 18.4 Å². The van der Waals surface area contributed by atoms with Crippen LogP contribution in [0.5, 0.6) is 0 Å². The molecule has 1 aliphatic rings. The average Bonchev–Trinajstić information content (AvgIpc) is 2.79. The Kier molecular flexibility index (Phi) is 5.96. The van der Waals surface area contributed by atoms with Crippen LogP contribution in [-0.4, -0.2) is 31.7 Å². The van der Waals surface area contributed by atoms with Gasteiger partial charge < -0.3 is 5.32 Å². The molecule has 0 spiro atoms. The van der Waals surface area contributed by atoms with Crippen LogP contribution in [0.4, 0.5) is 5.69 Å². The van der Waals surface area contributed by atoms with Crippen LogP contribution in [-0.2, 0) is 14.8 Å². The smallest absolute Gasteiger partial charge is 0.243 e. The number of nitrogens with zero attached hydrogens (tertiary/aromatic N) is 2. The van der Waals surface area contributed by atoms with Gasteiger partial charge in [0.2, 0.25) is 15.9 Å². The Morgan fingerprint density at radius 3 is 2.42 bits per heavy atom. The van der Waals surface area contributed by atoms with E-state index in [1.165, 1.54) is 10.4 Å². The molecule has 1 N–H and O–H groups in total. The van der Waals surface area contributed by atoms with Gasteiger partial charge in [-0.25, -0.2) is 8.42 Å². The van der Waals surface area contributed by atoms with E-state index in [0.29, 0.717) is 24.1 Å². The molecule has 158 valence electrons. The molecular formula is C23H20ClN3O3S. The van der Waals surface area contributed by atoms with Gasteiger partial charge in [0.25, 0.3) is 0 Å². The molecule has 0 unspecified atom stereocenters. The first-order valence-electron chi connectivity index (χ1n) is 9.88. The lowest BCUT2D eigenvalue weighted by Crippen LogP contribution is -2.41. The van der Waals surface area contributed by atoms with Gasteiger partial charge in [0, 0.05) is 24.7 Å². The predicted molar refractivity (Wildman–Crippen MR) is 120 cm³/mol. The van der Waals surface area contributed by atoms with Gasteiger partial charge in [-0.2, -0.15) is 9.57 Å². The number of carbonyl (C=O) groups is 1. The molecule has 0 saturated carbocycles. The minimum absolute atomic E-state index is 0.177. The van der Waals surface area contributed by atoms with Gasteiger partial charge in [0.15, 0.2) is 0 Å². The number of sulfonamides is 1. The molecule has 3 aromatic rings. The Hall–Kier alpha value is -2.92. The molecule has 0 radical (unpaired) electrons. The minimum Gasteiger partial charge on any atom is -0.326 e. The van der Waals surface area contributed by atoms with Crippen molar-refractivity contribution in [1.29, 1.82) is 5.26 Å². The molecule has 1 aliphatic heterocycles. The van der Waals surface area contributed by atoms with Crippen LogP contribution in [0.25, 0.3) is 10.8 Å². The molecule has 1 fully saturated rings. The molecule has 1 heterocycles. The number of piperidine rings is 1. The van der Waals surface area contributed by atoms with Gasteiger partial charge in [0.1, 0.15) is 6.07 Å². The highest BCUT2D eigenvalue weighted by Crippen LogP contribution is 2.27. The summed E-state index contributed by atoms with van der Waals surface area (Å²) in [5.74, 6) is -0.471. The second kappa shape index (κ2) is 8.67. The molecule has 0 aliphatic carbocycles. The fourth-order valence-corrected chi connectivity index (χ4v) is 5.49. The van der Waals surface area contributed by atoms with Crippen LogP contribution in [0.1, 0.15) is 18.4 Å². The Balaban J connectivity index is 1.42. The quantitative estimate of drug-likeness (QED) is 0.633. The number of hydrogen-bond acceptors (Lipinski definition) is 4. The lowest BCUT2D eigenvalue weighted by Gasteiger charge is -2.30. The highest BCUT2D eigenvalue weighted by Gasteiger charge is 2.32. The number of nitriles is 1. The molecule has 1 amide bonds. The van der Waals surface area contributed by atoms with Crippen molar-refractivity contribution in [3.63, 3.8) is 0 Å². The van der Waals surface area contributed by atoms with E-state index in [9.17, 15) is 13.2 Å². The summed E-state index contributed by atoms with van der Waals surface area (Å²) in [6, 6.07) is 19.4. The summed E-state index contributed by atoms with van der Waals surface area (Å²) in [5, 5.41) is 13.9. The van der Waals surface area contributed by atoms with Crippen molar-refractivity contribution in [3.05, 3.63) is 71.2 Å². The topological polar surface area (TPSA) is 90.3 Å². The Morgan fingerprint density at radius 1 is 1.03 bits per heavy atom. The van der Waals surface area contributed by atoms with Gasteiger partial charge in [-0.15, -0.1) is 0 Å². The largest absolute Gasteiger partial charge is 0.326 e. The molecule has 3 aromatic carbocycles. The summed E-state index contributed by atoms with van der Waals surface area (Å²) in [6.45, 7) is 0.558. The minimum atomic E-state index is -3.62. The third kappa shape index (κ3) is 4.42. The fourth-order valence-electron chi connectivity index (χ4n) is 3.76. The van der Waals surface area contributed by atoms with E-state index >= 15 is 0 Å². The summed E-state index contributed by atoms with van der Waals surface area (Å²) in [5.41, 5.74) is 0.854. The third-order valence-corrected chi connectivity index (χ3v) is 7.75. The zero-order valence-electron chi connectivity index (χ0n) is 16.6. The Morgan fingerprint density at radius 2 is 1.74 bits per heavy atom. The maximum atomic E-state index is 13.1. The second-order valence-electron chi connectivity index (χ2n) is 7.48. The van der Waals surface area contributed by atoms with Crippen LogP contribution in [0.3, 0.4) is 0 Å². The molecule has 31 heavy (non-hydrogen) atoms. The summed E-state index contributed by atoms with van der Waals surface area (Å²) in [7, 11) is -3.62. The lowest BCUT2D eigenvalue weighted by atomic mass is 9.97. The lowest BCUT2D eigenvalue weighted by molar-refractivity contribution is -0.120. The SMILES string of the molecule is N#Cc1ccc(NC(=O)C2CCN(S(=O)(=O)c3ccc4ccccc4c3)CC2)cc1Cl. The summed E-state index contributed by atoms with van der Waals surface area (Å²) >= 11 is 6.02. The van der Waals surface area contributed by atoms with E-state index in [4.69, 9.17) is 16.9 Å². The number of amides is 1. The highest BCUT2D eigenvalue weighted by atomic mass is 35.5. The van der Waals surface area contributed by atoms with Crippen molar-refractivity contribution in [3.8, 4) is 6.07 Å². The highest BCUT2D eigenvalue weighted by molar-refractivity contribution is 7.89. The molecule has 4 rings (SSSR count). The van der Waals surface area contributed by atoms with E-state index in [0.717, 1.165) is 10.8 Å². The van der Waals surface area contributed by atoms with Gasteiger partial charge in [-0.05, 0) is 53.9 Å². The molecular weight excluding hydrogens is 434 g/mol. The summed E-state index contributed by atoms with van der Waals surface area (Å²) < 4.78 is 27.6. The van der Waals surface area contributed by atoms with Gasteiger partial charge in [-0.1, -0.05) is 41.9 Å². The molecule has 0 aromatic heterocycles. The zero-order chi connectivity index (χ0) is 22.0. The summed E-state index contributed by atoms with van der Waals surface area (Å²) in [4.78, 5) is 12.9. The summed E-state index contributed by atoms with van der Waals surface area (Å²) in [6.07, 6.45) is 0.866. The standard InChI is InChI=1S/C23H20ClN3O3S/c24-22-14-20(7-5-19(22)15-25)26-23(28)17-9-11-27(12-10-17)31(29,30)21-8-6-16-3-1-2-4-18(16)13-21/h1-8,13-14,17H,9-12H2,(H,26,28). The third-order valence-electron chi connectivity index (χ3n) is 5.54. The number of nitrogens with one attached hydrogen (secondary N) is 1. The van der Waals surface area contributed by atoms with E-state index in [2.05, 4.69) is 5.32 Å². The van der Waals surface area contributed by atoms with E-state index in [1.54, 1.807) is 24.3 Å². The second-order valence-corrected chi connectivity index (χ2v) is 9.83. The first-order valence-corrected chi connectivity index (χ1v) is 11.7. The molecule has 6 nitrogen and oxygen atoms in total. The van der Waals surface area contributed by atoms with Crippen LogP contribution >= 0.6 is 11.6 Å². The number of carbonyl (C=O) groups excluding carboxylic acids is 1. The molecule has 0 atom stereocenters. The first kappa shape index (κ1) is 21.3. The first-order chi connectivity index (χ1) is 14.9. The normalized spacial score (nSPS) is 15.5. The Bertz CT molecular complexity index is 1290. The number of anilines is 1.